The van der Waals surface area contributed by atoms with E-state index in [-0.39, 0.29) is 38.6 Å². The fourth-order valence-electron chi connectivity index (χ4n) is 5.93. The lowest BCUT2D eigenvalue weighted by Crippen LogP contribution is -2.44. The predicted molar refractivity (Wildman–Crippen MR) is 237 cm³/mol. The predicted octanol–water partition coefficient (Wildman–Crippen LogP) is 10.8. The zero-order valence-electron chi connectivity index (χ0n) is 37.6. The summed E-state index contributed by atoms with van der Waals surface area (Å²) < 4.78 is 22.5. The van der Waals surface area contributed by atoms with Crippen molar-refractivity contribution in [3.63, 3.8) is 0 Å². The molecule has 0 aromatic heterocycles. The molecule has 0 aromatic carbocycles. The first kappa shape index (κ1) is 55.0. The number of hydrogen-bond donors (Lipinski definition) is 0. The van der Waals surface area contributed by atoms with Crippen molar-refractivity contribution >= 4 is 17.9 Å². The fraction of sp³-hybridized carbons (Fsp3) is 0.735. The van der Waals surface area contributed by atoms with E-state index < -0.39 is 24.3 Å². The van der Waals surface area contributed by atoms with Crippen molar-refractivity contribution in [3.05, 3.63) is 60.8 Å². The first-order valence-corrected chi connectivity index (χ1v) is 22.9. The number of aliphatic carboxylic acids is 1. The number of carbonyl (C=O) groups excluding carboxylic acids is 3. The molecule has 0 bridgehead atoms. The summed E-state index contributed by atoms with van der Waals surface area (Å²) in [7, 11) is 5.89. The Morgan fingerprint density at radius 3 is 1.48 bits per heavy atom. The van der Waals surface area contributed by atoms with Crippen molar-refractivity contribution in [3.8, 4) is 0 Å². The number of esters is 2. The van der Waals surface area contributed by atoms with E-state index in [2.05, 4.69) is 74.6 Å². The second-order valence-corrected chi connectivity index (χ2v) is 16.3. The van der Waals surface area contributed by atoms with Gasteiger partial charge in [-0.2, -0.15) is 0 Å². The number of carbonyl (C=O) groups is 3. The highest BCUT2D eigenvalue weighted by molar-refractivity contribution is 5.70. The lowest BCUT2D eigenvalue weighted by molar-refractivity contribution is -0.870. The van der Waals surface area contributed by atoms with Crippen LogP contribution in [0.15, 0.2) is 60.8 Å². The molecule has 334 valence electrons. The van der Waals surface area contributed by atoms with Crippen molar-refractivity contribution in [1.29, 1.82) is 0 Å². The van der Waals surface area contributed by atoms with Crippen LogP contribution in [0.1, 0.15) is 174 Å². The molecule has 0 N–H and O–H groups in total. The van der Waals surface area contributed by atoms with Gasteiger partial charge in [0.1, 0.15) is 13.2 Å². The Balaban J connectivity index is 4.50. The fourth-order valence-corrected chi connectivity index (χ4v) is 5.93. The quantitative estimate of drug-likeness (QED) is 0.0197. The SMILES string of the molecule is CC/C=C\C/C=C\C/C=C\C/C=C\CCCCCCC(=O)OC(COC(=O)CCCCCCC/C=C\CCCCCCCCC)COC(OCC[N+](C)(C)C)C(=O)[O-]. The second-order valence-electron chi connectivity index (χ2n) is 16.3. The maximum absolute atomic E-state index is 12.7. The van der Waals surface area contributed by atoms with Crippen molar-refractivity contribution < 1.29 is 42.9 Å². The first-order valence-electron chi connectivity index (χ1n) is 22.9. The minimum absolute atomic E-state index is 0.139. The van der Waals surface area contributed by atoms with Crippen LogP contribution < -0.4 is 5.11 Å². The van der Waals surface area contributed by atoms with Gasteiger partial charge in [0.15, 0.2) is 12.4 Å². The summed E-state index contributed by atoms with van der Waals surface area (Å²) in [6.07, 6.45) is 45.3. The molecule has 0 heterocycles. The molecule has 0 aromatic rings. The third-order valence-corrected chi connectivity index (χ3v) is 9.50. The highest BCUT2D eigenvalue weighted by Gasteiger charge is 2.21. The topological polar surface area (TPSA) is 111 Å². The van der Waals surface area contributed by atoms with E-state index in [1.165, 1.54) is 51.4 Å². The Bertz CT molecular complexity index is 1140. The Morgan fingerprint density at radius 1 is 0.534 bits per heavy atom. The van der Waals surface area contributed by atoms with Gasteiger partial charge < -0.3 is 33.3 Å². The van der Waals surface area contributed by atoms with Gasteiger partial charge in [-0.05, 0) is 77.0 Å². The molecule has 0 rings (SSSR count). The van der Waals surface area contributed by atoms with Gasteiger partial charge in [0.25, 0.3) is 0 Å². The van der Waals surface area contributed by atoms with Gasteiger partial charge in [0.2, 0.25) is 0 Å². The largest absolute Gasteiger partial charge is 0.545 e. The Labute approximate surface area is 355 Å². The van der Waals surface area contributed by atoms with Gasteiger partial charge in [-0.15, -0.1) is 0 Å². The molecule has 0 aliphatic carbocycles. The van der Waals surface area contributed by atoms with Crippen molar-refractivity contribution in [1.82, 2.24) is 0 Å². The number of likely N-dealkylation sites (N-methyl/N-ethyl adjacent to an activating group) is 1. The summed E-state index contributed by atoms with van der Waals surface area (Å²) >= 11 is 0. The van der Waals surface area contributed by atoms with Crippen LogP contribution in [-0.4, -0.2) is 82.3 Å². The molecule has 0 radical (unpaired) electrons. The number of rotatable bonds is 41. The van der Waals surface area contributed by atoms with Gasteiger partial charge >= 0.3 is 11.9 Å². The lowest BCUT2D eigenvalue weighted by Gasteiger charge is -2.26. The zero-order chi connectivity index (χ0) is 42.8. The number of carboxylic acids is 1. The average molecular weight is 816 g/mol. The van der Waals surface area contributed by atoms with E-state index in [9.17, 15) is 19.5 Å². The molecule has 9 nitrogen and oxygen atoms in total. The molecule has 0 fully saturated rings. The third kappa shape index (κ3) is 41.2. The number of hydrogen-bond acceptors (Lipinski definition) is 8. The molecule has 2 unspecified atom stereocenters. The molecular formula is C49H85NO8. The standard InChI is InChI=1S/C49H85NO8/c1-6-8-10-12-14-16-18-20-22-24-26-28-30-32-34-36-38-40-47(52)58-45(44-57-49(48(53)54)55-42-41-50(3,4)5)43-56-46(51)39-37-35-33-31-29-27-25-23-21-19-17-15-13-11-9-7-2/h8,10,14,16,20,22-23,25-26,28,45,49H,6-7,9,11-13,15,17-19,21,24,27,29-44H2,1-5H3/b10-8-,16-14-,22-20-,25-23-,28-26-. The highest BCUT2D eigenvalue weighted by Crippen LogP contribution is 2.13. The third-order valence-electron chi connectivity index (χ3n) is 9.50. The van der Waals surface area contributed by atoms with E-state index >= 15 is 0 Å². The van der Waals surface area contributed by atoms with Gasteiger partial charge in [0, 0.05) is 12.8 Å². The molecular weight excluding hydrogens is 731 g/mol. The zero-order valence-corrected chi connectivity index (χ0v) is 37.6. The van der Waals surface area contributed by atoms with Crippen LogP contribution in [0.25, 0.3) is 0 Å². The van der Waals surface area contributed by atoms with Crippen LogP contribution in [0.2, 0.25) is 0 Å². The van der Waals surface area contributed by atoms with E-state index in [0.29, 0.717) is 17.4 Å². The minimum atomic E-state index is -1.63. The molecule has 9 heteroatoms. The molecule has 2 atom stereocenters. The summed E-state index contributed by atoms with van der Waals surface area (Å²) in [5.41, 5.74) is 0. The van der Waals surface area contributed by atoms with Crippen molar-refractivity contribution in [2.45, 2.75) is 187 Å². The summed E-state index contributed by atoms with van der Waals surface area (Å²) in [6, 6.07) is 0. The monoisotopic (exact) mass is 816 g/mol. The Hall–Kier alpha value is -3.01. The van der Waals surface area contributed by atoms with E-state index in [0.717, 1.165) is 89.9 Å². The van der Waals surface area contributed by atoms with Gasteiger partial charge in [-0.3, -0.25) is 9.59 Å². The summed E-state index contributed by atoms with van der Waals surface area (Å²) in [5, 5.41) is 11.7. The number of carboxylic acid groups (broad SMARTS) is 1. The molecule has 0 aliphatic rings. The number of quaternary nitrogens is 1. The molecule has 0 amide bonds. The van der Waals surface area contributed by atoms with Crippen LogP contribution in [0, 0.1) is 0 Å². The molecule has 0 spiro atoms. The van der Waals surface area contributed by atoms with Gasteiger partial charge in [-0.25, -0.2) is 0 Å². The number of unbranched alkanes of at least 4 members (excludes halogenated alkanes) is 16. The smallest absolute Gasteiger partial charge is 0.306 e. The second kappa shape index (κ2) is 40.8. The normalized spacial score (nSPS) is 13.5. The Morgan fingerprint density at radius 2 is 0.983 bits per heavy atom. The summed E-state index contributed by atoms with van der Waals surface area (Å²) in [4.78, 5) is 37.0. The van der Waals surface area contributed by atoms with Gasteiger partial charge in [0.05, 0.1) is 40.3 Å². The molecule has 0 saturated heterocycles. The molecule has 0 aliphatic heterocycles. The number of allylic oxidation sites excluding steroid dienone is 10. The summed E-state index contributed by atoms with van der Waals surface area (Å²) in [6.45, 7) is 4.57. The average Bonchev–Trinajstić information content (AvgIpc) is 3.18. The van der Waals surface area contributed by atoms with Crippen LogP contribution in [0.3, 0.4) is 0 Å². The van der Waals surface area contributed by atoms with E-state index in [1.807, 2.05) is 21.1 Å². The maximum Gasteiger partial charge on any atom is 0.306 e. The molecule has 58 heavy (non-hydrogen) atoms. The lowest BCUT2D eigenvalue weighted by atomic mass is 10.1. The first-order chi connectivity index (χ1) is 28.1. The van der Waals surface area contributed by atoms with Crippen LogP contribution >= 0.6 is 0 Å². The van der Waals surface area contributed by atoms with Gasteiger partial charge in [-0.1, -0.05) is 145 Å². The summed E-state index contributed by atoms with van der Waals surface area (Å²) in [5.74, 6) is -2.33. The number of ether oxygens (including phenoxy) is 4. The highest BCUT2D eigenvalue weighted by atomic mass is 16.7. The van der Waals surface area contributed by atoms with Crippen LogP contribution in [0.5, 0.6) is 0 Å². The van der Waals surface area contributed by atoms with E-state index in [4.69, 9.17) is 18.9 Å². The number of nitrogens with zero attached hydrogens (tertiary/aromatic N) is 1. The van der Waals surface area contributed by atoms with Crippen molar-refractivity contribution in [2.75, 3.05) is 47.5 Å². The van der Waals surface area contributed by atoms with E-state index in [1.54, 1.807) is 0 Å². The maximum atomic E-state index is 12.7. The van der Waals surface area contributed by atoms with Crippen LogP contribution in [0.4, 0.5) is 0 Å². The van der Waals surface area contributed by atoms with Crippen LogP contribution in [-0.2, 0) is 33.3 Å². The molecule has 0 saturated carbocycles. The Kier molecular flexibility index (Phi) is 38.6. The minimum Gasteiger partial charge on any atom is -0.545 e. The van der Waals surface area contributed by atoms with Crippen molar-refractivity contribution in [2.24, 2.45) is 0 Å².